The number of thioether (sulfide) groups is 1. The lowest BCUT2D eigenvalue weighted by Crippen LogP contribution is -2.06. The summed E-state index contributed by atoms with van der Waals surface area (Å²) in [7, 11) is 0. The molecular weight excluding hydrogens is 262 g/mol. The fourth-order valence-corrected chi connectivity index (χ4v) is 2.48. The Kier molecular flexibility index (Phi) is 4.56. The number of anilines is 1. The second kappa shape index (κ2) is 6.17. The molecule has 0 radical (unpaired) electrons. The minimum Gasteiger partial charge on any atom is -0.378 e. The molecule has 1 nitrogen and oxygen atoms in total. The molecule has 0 aliphatic carbocycles. The van der Waals surface area contributed by atoms with Gasteiger partial charge in [-0.25, -0.2) is 0 Å². The summed E-state index contributed by atoms with van der Waals surface area (Å²) < 4.78 is 0. The number of halogens is 1. The monoisotopic (exact) mass is 277 g/mol. The van der Waals surface area contributed by atoms with Crippen LogP contribution in [0, 0.1) is 0 Å². The van der Waals surface area contributed by atoms with Gasteiger partial charge in [0.2, 0.25) is 0 Å². The summed E-state index contributed by atoms with van der Waals surface area (Å²) in [4.78, 5) is 1.26. The van der Waals surface area contributed by atoms with Crippen molar-refractivity contribution in [3.05, 3.63) is 59.1 Å². The minimum atomic E-state index is 0.237. The van der Waals surface area contributed by atoms with Crippen LogP contribution in [0.4, 0.5) is 5.69 Å². The molecule has 2 rings (SSSR count). The molecule has 0 aliphatic heterocycles. The van der Waals surface area contributed by atoms with Crippen molar-refractivity contribution in [3.63, 3.8) is 0 Å². The third kappa shape index (κ3) is 3.44. The van der Waals surface area contributed by atoms with Gasteiger partial charge in [0.05, 0.1) is 0 Å². The normalized spacial score (nSPS) is 12.2. The Hall–Kier alpha value is -1.12. The van der Waals surface area contributed by atoms with E-state index in [1.54, 1.807) is 11.8 Å². The first kappa shape index (κ1) is 13.3. The van der Waals surface area contributed by atoms with Crippen molar-refractivity contribution >= 4 is 29.1 Å². The molecule has 0 saturated heterocycles. The van der Waals surface area contributed by atoms with Crippen molar-refractivity contribution < 1.29 is 0 Å². The Morgan fingerprint density at radius 1 is 1.11 bits per heavy atom. The van der Waals surface area contributed by atoms with Crippen molar-refractivity contribution in [2.45, 2.75) is 17.9 Å². The molecule has 0 aromatic heterocycles. The standard InChI is InChI=1S/C15H16ClNS/c1-11(12-5-3-6-13(16)9-12)17-14-7-4-8-15(10-14)18-2/h3-11,17H,1-2H3. The average Bonchev–Trinajstić information content (AvgIpc) is 2.39. The lowest BCUT2D eigenvalue weighted by Gasteiger charge is -2.16. The van der Waals surface area contributed by atoms with Gasteiger partial charge in [0.1, 0.15) is 0 Å². The average molecular weight is 278 g/mol. The van der Waals surface area contributed by atoms with Gasteiger partial charge in [-0.15, -0.1) is 11.8 Å². The Labute approximate surface area is 118 Å². The Balaban J connectivity index is 2.13. The van der Waals surface area contributed by atoms with Gasteiger partial charge >= 0.3 is 0 Å². The Bertz CT molecular complexity index is 527. The molecule has 0 heterocycles. The van der Waals surface area contributed by atoms with Gasteiger partial charge in [-0.2, -0.15) is 0 Å². The first-order chi connectivity index (χ1) is 8.69. The molecule has 1 unspecified atom stereocenters. The SMILES string of the molecule is CSc1cccc(NC(C)c2cccc(Cl)c2)c1. The van der Waals surface area contributed by atoms with Crippen LogP contribution in [0.1, 0.15) is 18.5 Å². The highest BCUT2D eigenvalue weighted by Gasteiger charge is 2.05. The van der Waals surface area contributed by atoms with Crippen LogP contribution < -0.4 is 5.32 Å². The lowest BCUT2D eigenvalue weighted by atomic mass is 10.1. The molecule has 18 heavy (non-hydrogen) atoms. The smallest absolute Gasteiger partial charge is 0.0486 e. The molecule has 2 aromatic rings. The van der Waals surface area contributed by atoms with E-state index in [0.29, 0.717) is 0 Å². The van der Waals surface area contributed by atoms with Crippen molar-refractivity contribution in [1.29, 1.82) is 0 Å². The van der Waals surface area contributed by atoms with E-state index in [1.165, 1.54) is 10.5 Å². The summed E-state index contributed by atoms with van der Waals surface area (Å²) in [6.45, 7) is 2.14. The summed E-state index contributed by atoms with van der Waals surface area (Å²) >= 11 is 7.76. The highest BCUT2D eigenvalue weighted by atomic mass is 35.5. The van der Waals surface area contributed by atoms with Crippen molar-refractivity contribution in [2.24, 2.45) is 0 Å². The fraction of sp³-hybridized carbons (Fsp3) is 0.200. The topological polar surface area (TPSA) is 12.0 Å². The van der Waals surface area contributed by atoms with Gasteiger partial charge in [0.25, 0.3) is 0 Å². The van der Waals surface area contributed by atoms with E-state index in [4.69, 9.17) is 11.6 Å². The van der Waals surface area contributed by atoms with Crippen LogP contribution in [-0.4, -0.2) is 6.26 Å². The first-order valence-electron chi connectivity index (χ1n) is 5.85. The molecule has 2 aromatic carbocycles. The zero-order valence-corrected chi connectivity index (χ0v) is 12.1. The molecule has 1 atom stereocenters. The maximum atomic E-state index is 6.01. The van der Waals surface area contributed by atoms with E-state index in [0.717, 1.165) is 10.7 Å². The molecule has 0 aliphatic rings. The summed E-state index contributed by atoms with van der Waals surface area (Å²) in [5, 5.41) is 4.26. The number of rotatable bonds is 4. The van der Waals surface area contributed by atoms with E-state index in [-0.39, 0.29) is 6.04 Å². The maximum Gasteiger partial charge on any atom is 0.0486 e. The van der Waals surface area contributed by atoms with Crippen LogP contribution in [0.5, 0.6) is 0 Å². The number of hydrogen-bond acceptors (Lipinski definition) is 2. The highest BCUT2D eigenvalue weighted by Crippen LogP contribution is 2.24. The summed E-state index contributed by atoms with van der Waals surface area (Å²) in [5.74, 6) is 0. The van der Waals surface area contributed by atoms with E-state index in [2.05, 4.69) is 48.8 Å². The lowest BCUT2D eigenvalue weighted by molar-refractivity contribution is 0.884. The summed E-state index contributed by atoms with van der Waals surface area (Å²) in [6, 6.07) is 16.6. The number of nitrogens with one attached hydrogen (secondary N) is 1. The van der Waals surface area contributed by atoms with Gasteiger partial charge in [-0.05, 0) is 49.1 Å². The van der Waals surface area contributed by atoms with Crippen LogP contribution in [0.25, 0.3) is 0 Å². The zero-order chi connectivity index (χ0) is 13.0. The van der Waals surface area contributed by atoms with Crippen LogP contribution in [0.2, 0.25) is 5.02 Å². The third-order valence-electron chi connectivity index (χ3n) is 2.80. The second-order valence-electron chi connectivity index (χ2n) is 4.15. The quantitative estimate of drug-likeness (QED) is 0.768. The fourth-order valence-electron chi connectivity index (χ4n) is 1.82. The predicted molar refractivity (Wildman–Crippen MR) is 81.7 cm³/mol. The molecule has 94 valence electrons. The molecule has 3 heteroatoms. The Morgan fingerprint density at radius 3 is 2.61 bits per heavy atom. The summed E-state index contributed by atoms with van der Waals surface area (Å²) in [6.07, 6.45) is 2.08. The van der Waals surface area contributed by atoms with E-state index in [9.17, 15) is 0 Å². The van der Waals surface area contributed by atoms with Crippen molar-refractivity contribution in [2.75, 3.05) is 11.6 Å². The van der Waals surface area contributed by atoms with Crippen LogP contribution in [0.15, 0.2) is 53.4 Å². The predicted octanol–water partition coefficient (Wildman–Crippen LogP) is 5.24. The molecule has 0 spiro atoms. The summed E-state index contributed by atoms with van der Waals surface area (Å²) in [5.41, 5.74) is 2.33. The van der Waals surface area contributed by atoms with E-state index < -0.39 is 0 Å². The van der Waals surface area contributed by atoms with Gasteiger partial charge in [0.15, 0.2) is 0 Å². The molecule has 0 amide bonds. The van der Waals surface area contributed by atoms with Gasteiger partial charge < -0.3 is 5.32 Å². The number of hydrogen-bond donors (Lipinski definition) is 1. The van der Waals surface area contributed by atoms with Crippen molar-refractivity contribution in [3.8, 4) is 0 Å². The second-order valence-corrected chi connectivity index (χ2v) is 5.47. The third-order valence-corrected chi connectivity index (χ3v) is 3.76. The zero-order valence-electron chi connectivity index (χ0n) is 10.5. The molecular formula is C15H16ClNS. The van der Waals surface area contributed by atoms with Crippen LogP contribution >= 0.6 is 23.4 Å². The van der Waals surface area contributed by atoms with E-state index >= 15 is 0 Å². The minimum absolute atomic E-state index is 0.237. The Morgan fingerprint density at radius 2 is 1.89 bits per heavy atom. The maximum absolute atomic E-state index is 6.01. The van der Waals surface area contributed by atoms with Gasteiger partial charge in [0, 0.05) is 21.6 Å². The first-order valence-corrected chi connectivity index (χ1v) is 7.45. The van der Waals surface area contributed by atoms with Gasteiger partial charge in [-0.1, -0.05) is 29.8 Å². The molecule has 1 N–H and O–H groups in total. The molecule has 0 saturated carbocycles. The number of benzene rings is 2. The molecule has 0 bridgehead atoms. The van der Waals surface area contributed by atoms with Crippen LogP contribution in [-0.2, 0) is 0 Å². The van der Waals surface area contributed by atoms with Crippen LogP contribution in [0.3, 0.4) is 0 Å². The molecule has 0 fully saturated rings. The van der Waals surface area contributed by atoms with E-state index in [1.807, 2.05) is 18.2 Å². The highest BCUT2D eigenvalue weighted by molar-refractivity contribution is 7.98. The van der Waals surface area contributed by atoms with Crippen molar-refractivity contribution in [1.82, 2.24) is 0 Å². The largest absolute Gasteiger partial charge is 0.378 e. The van der Waals surface area contributed by atoms with Gasteiger partial charge in [-0.3, -0.25) is 0 Å².